The van der Waals surface area contributed by atoms with E-state index in [1.165, 1.54) is 10.9 Å². The number of aryl methyl sites for hydroxylation is 1. The summed E-state index contributed by atoms with van der Waals surface area (Å²) in [7, 11) is 0. The fourth-order valence-corrected chi connectivity index (χ4v) is 3.54. The zero-order chi connectivity index (χ0) is 14.1. The van der Waals surface area contributed by atoms with Gasteiger partial charge in [0.15, 0.2) is 0 Å². The molecule has 0 saturated heterocycles. The largest absolute Gasteiger partial charge is 0.393 e. The smallest absolute Gasteiger partial charge is 0.0707 e. The van der Waals surface area contributed by atoms with Crippen LogP contribution in [-0.2, 0) is 13.0 Å². The molecule has 3 unspecified atom stereocenters. The number of rotatable bonds is 3. The summed E-state index contributed by atoms with van der Waals surface area (Å²) in [6, 6.07) is 8.43. The van der Waals surface area contributed by atoms with Crippen LogP contribution in [0.25, 0.3) is 10.9 Å². The van der Waals surface area contributed by atoms with E-state index < -0.39 is 0 Å². The molecular weight excluding hydrogens is 248 g/mol. The molecule has 1 aliphatic carbocycles. The van der Waals surface area contributed by atoms with Crippen molar-refractivity contribution >= 4 is 10.9 Å². The van der Waals surface area contributed by atoms with Crippen molar-refractivity contribution in [3.05, 3.63) is 30.0 Å². The van der Waals surface area contributed by atoms with E-state index in [-0.39, 0.29) is 6.10 Å². The molecule has 3 nitrogen and oxygen atoms in total. The maximum atomic E-state index is 10.2. The summed E-state index contributed by atoms with van der Waals surface area (Å²) in [4.78, 5) is 0. The van der Waals surface area contributed by atoms with Crippen LogP contribution in [0.3, 0.4) is 0 Å². The van der Waals surface area contributed by atoms with Crippen molar-refractivity contribution in [3.8, 4) is 0 Å². The molecule has 3 heteroatoms. The Kier molecular flexibility index (Phi) is 3.79. The third kappa shape index (κ3) is 2.47. The third-order valence-electron chi connectivity index (χ3n) is 4.69. The highest BCUT2D eigenvalue weighted by molar-refractivity contribution is 5.81. The van der Waals surface area contributed by atoms with E-state index in [0.717, 1.165) is 43.8 Å². The van der Waals surface area contributed by atoms with E-state index >= 15 is 0 Å². The minimum atomic E-state index is -0.156. The zero-order valence-corrected chi connectivity index (χ0v) is 12.4. The lowest BCUT2D eigenvalue weighted by molar-refractivity contribution is 0.0515. The quantitative estimate of drug-likeness (QED) is 0.930. The minimum absolute atomic E-state index is 0.156. The summed E-state index contributed by atoms with van der Waals surface area (Å²) in [6.45, 7) is 5.31. The molecular formula is C17H24N2O. The fourth-order valence-electron chi connectivity index (χ4n) is 3.54. The average molecular weight is 272 g/mol. The number of nitrogens with zero attached hydrogens (tertiary/aromatic N) is 2. The van der Waals surface area contributed by atoms with Gasteiger partial charge in [-0.3, -0.25) is 4.68 Å². The third-order valence-corrected chi connectivity index (χ3v) is 4.69. The Morgan fingerprint density at radius 3 is 2.90 bits per heavy atom. The Hall–Kier alpha value is -1.35. The maximum Gasteiger partial charge on any atom is 0.0707 e. The van der Waals surface area contributed by atoms with E-state index in [4.69, 9.17) is 5.10 Å². The molecule has 0 bridgehead atoms. The number of hydrogen-bond acceptors (Lipinski definition) is 2. The molecule has 1 heterocycles. The van der Waals surface area contributed by atoms with Crippen LogP contribution in [-0.4, -0.2) is 21.0 Å². The molecule has 20 heavy (non-hydrogen) atoms. The molecule has 1 aromatic heterocycles. The van der Waals surface area contributed by atoms with Gasteiger partial charge in [0, 0.05) is 11.9 Å². The van der Waals surface area contributed by atoms with Gasteiger partial charge in [-0.2, -0.15) is 5.10 Å². The number of aliphatic hydroxyl groups excluding tert-OH is 1. The summed E-state index contributed by atoms with van der Waals surface area (Å²) in [5, 5.41) is 16.3. The number of para-hydroxylation sites is 1. The molecule has 1 saturated carbocycles. The molecule has 0 amide bonds. The number of fused-ring (bicyclic) bond motifs is 1. The molecule has 0 radical (unpaired) electrons. The van der Waals surface area contributed by atoms with Crippen LogP contribution >= 0.6 is 0 Å². The Bertz CT molecular complexity index is 590. The van der Waals surface area contributed by atoms with E-state index in [2.05, 4.69) is 42.8 Å². The van der Waals surface area contributed by atoms with E-state index in [1.54, 1.807) is 0 Å². The highest BCUT2D eigenvalue weighted by Crippen LogP contribution is 2.32. The first-order valence-corrected chi connectivity index (χ1v) is 7.81. The zero-order valence-electron chi connectivity index (χ0n) is 12.4. The Morgan fingerprint density at radius 2 is 2.10 bits per heavy atom. The first-order chi connectivity index (χ1) is 9.69. The lowest BCUT2D eigenvalue weighted by Gasteiger charge is -2.31. The number of benzene rings is 1. The minimum Gasteiger partial charge on any atom is -0.393 e. The van der Waals surface area contributed by atoms with Gasteiger partial charge in [0.25, 0.3) is 0 Å². The maximum absolute atomic E-state index is 10.2. The molecule has 1 aromatic carbocycles. The van der Waals surface area contributed by atoms with Crippen molar-refractivity contribution in [1.82, 2.24) is 9.78 Å². The van der Waals surface area contributed by atoms with Gasteiger partial charge in [0.1, 0.15) is 0 Å². The van der Waals surface area contributed by atoms with Crippen molar-refractivity contribution in [2.24, 2.45) is 11.8 Å². The highest BCUT2D eigenvalue weighted by atomic mass is 16.3. The van der Waals surface area contributed by atoms with Gasteiger partial charge in [0.2, 0.25) is 0 Å². The van der Waals surface area contributed by atoms with Gasteiger partial charge >= 0.3 is 0 Å². The van der Waals surface area contributed by atoms with Gasteiger partial charge in [-0.1, -0.05) is 25.1 Å². The van der Waals surface area contributed by atoms with Crippen LogP contribution in [0.15, 0.2) is 24.3 Å². The lowest BCUT2D eigenvalue weighted by atomic mass is 9.78. The molecule has 3 atom stereocenters. The van der Waals surface area contributed by atoms with Crippen LogP contribution in [0.1, 0.15) is 38.8 Å². The van der Waals surface area contributed by atoms with E-state index in [9.17, 15) is 5.11 Å². The van der Waals surface area contributed by atoms with Crippen LogP contribution in [0.4, 0.5) is 0 Å². The fraction of sp³-hybridized carbons (Fsp3) is 0.588. The second kappa shape index (κ2) is 5.57. The molecule has 1 aliphatic rings. The van der Waals surface area contributed by atoms with Gasteiger partial charge in [-0.15, -0.1) is 0 Å². The number of hydrogen-bond donors (Lipinski definition) is 1. The molecule has 2 aromatic rings. The summed E-state index contributed by atoms with van der Waals surface area (Å²) in [5.41, 5.74) is 2.36. The van der Waals surface area contributed by atoms with Crippen molar-refractivity contribution < 1.29 is 5.11 Å². The molecule has 0 spiro atoms. The summed E-state index contributed by atoms with van der Waals surface area (Å²) in [6.07, 6.45) is 3.96. The number of aliphatic hydroxyl groups is 1. The number of aromatic nitrogens is 2. The van der Waals surface area contributed by atoms with Crippen molar-refractivity contribution in [2.75, 3.05) is 0 Å². The normalized spacial score (nSPS) is 27.1. The van der Waals surface area contributed by atoms with Crippen LogP contribution < -0.4 is 0 Å². The molecule has 1 N–H and O–H groups in total. The predicted molar refractivity (Wildman–Crippen MR) is 81.6 cm³/mol. The lowest BCUT2D eigenvalue weighted by Crippen LogP contribution is -2.29. The molecule has 108 valence electrons. The first kappa shape index (κ1) is 13.6. The van der Waals surface area contributed by atoms with Gasteiger partial charge in [0.05, 0.1) is 17.3 Å². The monoisotopic (exact) mass is 272 g/mol. The van der Waals surface area contributed by atoms with E-state index in [1.807, 2.05) is 0 Å². The Labute approximate surface area is 120 Å². The van der Waals surface area contributed by atoms with Crippen LogP contribution in [0, 0.1) is 11.8 Å². The molecule has 0 aliphatic heterocycles. The summed E-state index contributed by atoms with van der Waals surface area (Å²) < 4.78 is 2.07. The second-order valence-electron chi connectivity index (χ2n) is 6.23. The summed E-state index contributed by atoms with van der Waals surface area (Å²) >= 11 is 0. The summed E-state index contributed by atoms with van der Waals surface area (Å²) in [5.74, 6) is 1.09. The Morgan fingerprint density at radius 1 is 1.30 bits per heavy atom. The second-order valence-corrected chi connectivity index (χ2v) is 6.23. The van der Waals surface area contributed by atoms with Gasteiger partial charge in [-0.25, -0.2) is 0 Å². The van der Waals surface area contributed by atoms with Crippen molar-refractivity contribution in [3.63, 3.8) is 0 Å². The molecule has 1 fully saturated rings. The van der Waals surface area contributed by atoms with Crippen molar-refractivity contribution in [2.45, 2.75) is 52.2 Å². The highest BCUT2D eigenvalue weighted by Gasteiger charge is 2.28. The first-order valence-electron chi connectivity index (χ1n) is 7.81. The Balaban J connectivity index is 1.90. The SMILES string of the molecule is CCn1nc(CC2CC(C)CCC2O)c2ccccc21. The average Bonchev–Trinajstić information content (AvgIpc) is 2.81. The van der Waals surface area contributed by atoms with Gasteiger partial charge in [-0.05, 0) is 50.5 Å². The van der Waals surface area contributed by atoms with Crippen LogP contribution in [0.2, 0.25) is 0 Å². The predicted octanol–water partition coefficient (Wildman–Crippen LogP) is 3.40. The molecule has 3 rings (SSSR count). The topological polar surface area (TPSA) is 38.0 Å². The van der Waals surface area contributed by atoms with Crippen molar-refractivity contribution in [1.29, 1.82) is 0 Å². The van der Waals surface area contributed by atoms with E-state index in [0.29, 0.717) is 5.92 Å². The van der Waals surface area contributed by atoms with Gasteiger partial charge < -0.3 is 5.11 Å². The standard InChI is InChI=1S/C17H24N2O/c1-3-19-16-7-5-4-6-14(16)15(18-19)11-13-10-12(2)8-9-17(13)20/h4-7,12-13,17,20H,3,8-11H2,1-2H3. The van der Waals surface area contributed by atoms with Crippen LogP contribution in [0.5, 0.6) is 0 Å².